The van der Waals surface area contributed by atoms with Gasteiger partial charge in [0.15, 0.2) is 0 Å². The molecule has 0 saturated carbocycles. The lowest BCUT2D eigenvalue weighted by atomic mass is 10.0. The number of amides is 2. The van der Waals surface area contributed by atoms with Gasteiger partial charge in [0.2, 0.25) is 11.8 Å². The van der Waals surface area contributed by atoms with Crippen molar-refractivity contribution in [3.63, 3.8) is 0 Å². The van der Waals surface area contributed by atoms with Gasteiger partial charge < -0.3 is 10.2 Å². The van der Waals surface area contributed by atoms with Gasteiger partial charge in [0.25, 0.3) is 0 Å². The van der Waals surface area contributed by atoms with Crippen LogP contribution in [-0.2, 0) is 28.3 Å². The molecule has 0 aromatic heterocycles. The van der Waals surface area contributed by atoms with E-state index >= 15 is 0 Å². The number of carbonyl (C=O) groups is 2. The van der Waals surface area contributed by atoms with Gasteiger partial charge in [-0.1, -0.05) is 89.9 Å². The molecule has 3 aromatic rings. The van der Waals surface area contributed by atoms with Crippen LogP contribution in [0.5, 0.6) is 0 Å². The summed E-state index contributed by atoms with van der Waals surface area (Å²) in [5.74, 6) is 0.589. The zero-order valence-corrected chi connectivity index (χ0v) is 20.7. The molecule has 0 fully saturated rings. The van der Waals surface area contributed by atoms with Crippen LogP contribution in [0.4, 0.5) is 0 Å². The first-order valence-corrected chi connectivity index (χ1v) is 12.5. The third-order valence-corrected chi connectivity index (χ3v) is 6.92. The zero-order chi connectivity index (χ0) is 23.6. The average molecular weight is 501 g/mol. The van der Waals surface area contributed by atoms with Gasteiger partial charge in [-0.2, -0.15) is 0 Å². The maximum Gasteiger partial charge on any atom is 0.242 e. The molecule has 33 heavy (non-hydrogen) atoms. The Morgan fingerprint density at radius 2 is 1.52 bits per heavy atom. The fourth-order valence-corrected chi connectivity index (χ4v) is 4.65. The molecular formula is C26H26Cl2N2O2S. The van der Waals surface area contributed by atoms with Crippen molar-refractivity contribution in [3.8, 4) is 0 Å². The summed E-state index contributed by atoms with van der Waals surface area (Å²) in [6.45, 7) is 0.359. The number of benzene rings is 3. The molecule has 0 aliphatic rings. The van der Waals surface area contributed by atoms with Crippen molar-refractivity contribution in [3.05, 3.63) is 106 Å². The highest BCUT2D eigenvalue weighted by Gasteiger charge is 2.29. The van der Waals surface area contributed by atoms with Crippen LogP contribution in [-0.4, -0.2) is 35.6 Å². The third kappa shape index (κ3) is 7.53. The van der Waals surface area contributed by atoms with Gasteiger partial charge in [-0.15, -0.1) is 11.8 Å². The lowest BCUT2D eigenvalue weighted by Gasteiger charge is -2.31. The summed E-state index contributed by atoms with van der Waals surface area (Å²) in [5, 5.41) is 3.73. The molecule has 2 amide bonds. The lowest BCUT2D eigenvalue weighted by Crippen LogP contribution is -2.50. The normalized spacial score (nSPS) is 11.6. The minimum atomic E-state index is -0.615. The topological polar surface area (TPSA) is 49.4 Å². The number of hydrogen-bond donors (Lipinski definition) is 1. The van der Waals surface area contributed by atoms with Crippen LogP contribution < -0.4 is 5.32 Å². The number of nitrogens with one attached hydrogen (secondary N) is 1. The second kappa shape index (κ2) is 12.7. The summed E-state index contributed by atoms with van der Waals surface area (Å²) in [4.78, 5) is 28.0. The maximum atomic E-state index is 13.4. The smallest absolute Gasteiger partial charge is 0.242 e. The van der Waals surface area contributed by atoms with Crippen molar-refractivity contribution in [1.82, 2.24) is 10.2 Å². The molecule has 4 nitrogen and oxygen atoms in total. The highest BCUT2D eigenvalue weighted by atomic mass is 35.5. The monoisotopic (exact) mass is 500 g/mol. The van der Waals surface area contributed by atoms with E-state index in [2.05, 4.69) is 5.32 Å². The molecule has 0 spiro atoms. The van der Waals surface area contributed by atoms with Gasteiger partial charge in [-0.3, -0.25) is 9.59 Å². The standard InChI is InChI=1S/C26H26Cl2N2O2S/c1-29-26(32)24(15-19-8-4-2-5-9-19)30(16-20-10-6-3-7-11-20)25(31)18-33-17-21-12-13-22(27)23(28)14-21/h2-14,24H,15-18H2,1H3,(H,29,32)/t24-/m1/s1. The van der Waals surface area contributed by atoms with Gasteiger partial charge in [0.05, 0.1) is 15.8 Å². The minimum absolute atomic E-state index is 0.0894. The largest absolute Gasteiger partial charge is 0.357 e. The van der Waals surface area contributed by atoms with Crippen LogP contribution in [0.1, 0.15) is 16.7 Å². The number of thioether (sulfide) groups is 1. The van der Waals surface area contributed by atoms with E-state index in [0.29, 0.717) is 28.8 Å². The first-order valence-electron chi connectivity index (χ1n) is 10.6. The third-order valence-electron chi connectivity index (χ3n) is 5.19. The Kier molecular flexibility index (Phi) is 9.67. The maximum absolute atomic E-state index is 13.4. The van der Waals surface area contributed by atoms with Crippen LogP contribution >= 0.6 is 35.0 Å². The predicted octanol–water partition coefficient (Wildman–Crippen LogP) is 5.61. The molecule has 172 valence electrons. The van der Waals surface area contributed by atoms with Crippen LogP contribution in [0, 0.1) is 0 Å². The van der Waals surface area contributed by atoms with E-state index in [1.54, 1.807) is 18.0 Å². The summed E-state index contributed by atoms with van der Waals surface area (Å²) in [6.07, 6.45) is 0.441. The van der Waals surface area contributed by atoms with E-state index in [9.17, 15) is 9.59 Å². The molecule has 0 saturated heterocycles. The second-order valence-electron chi connectivity index (χ2n) is 7.57. The van der Waals surface area contributed by atoms with Crippen molar-refractivity contribution in [2.75, 3.05) is 12.8 Å². The molecule has 3 rings (SSSR count). The summed E-state index contributed by atoms with van der Waals surface area (Å²) >= 11 is 13.6. The van der Waals surface area contributed by atoms with E-state index < -0.39 is 6.04 Å². The van der Waals surface area contributed by atoms with E-state index in [-0.39, 0.29) is 17.6 Å². The predicted molar refractivity (Wildman–Crippen MR) is 138 cm³/mol. The number of halogens is 2. The molecule has 1 atom stereocenters. The number of nitrogens with zero attached hydrogens (tertiary/aromatic N) is 1. The fraction of sp³-hybridized carbons (Fsp3) is 0.231. The zero-order valence-electron chi connectivity index (χ0n) is 18.3. The van der Waals surface area contributed by atoms with E-state index in [4.69, 9.17) is 23.2 Å². The van der Waals surface area contributed by atoms with Gasteiger partial charge in [-0.25, -0.2) is 0 Å². The summed E-state index contributed by atoms with van der Waals surface area (Å²) < 4.78 is 0. The van der Waals surface area contributed by atoms with E-state index in [1.807, 2.05) is 72.8 Å². The summed E-state index contributed by atoms with van der Waals surface area (Å²) in [6, 6.07) is 24.3. The van der Waals surface area contributed by atoms with Gasteiger partial charge in [0.1, 0.15) is 6.04 Å². The number of hydrogen-bond acceptors (Lipinski definition) is 3. The Bertz CT molecular complexity index is 1060. The molecular weight excluding hydrogens is 475 g/mol. The van der Waals surface area contributed by atoms with E-state index in [1.165, 1.54) is 11.8 Å². The highest BCUT2D eigenvalue weighted by molar-refractivity contribution is 7.99. The molecule has 0 radical (unpaired) electrons. The van der Waals surface area contributed by atoms with Crippen molar-refractivity contribution in [1.29, 1.82) is 0 Å². The highest BCUT2D eigenvalue weighted by Crippen LogP contribution is 2.25. The molecule has 3 aromatic carbocycles. The van der Waals surface area contributed by atoms with Crippen LogP contribution in [0.2, 0.25) is 10.0 Å². The van der Waals surface area contributed by atoms with Gasteiger partial charge in [-0.05, 0) is 28.8 Å². The van der Waals surface area contributed by atoms with Crippen LogP contribution in [0.15, 0.2) is 78.9 Å². The van der Waals surface area contributed by atoms with Crippen LogP contribution in [0.3, 0.4) is 0 Å². The number of rotatable bonds is 10. The molecule has 0 heterocycles. The Balaban J connectivity index is 1.77. The van der Waals surface area contributed by atoms with Gasteiger partial charge >= 0.3 is 0 Å². The van der Waals surface area contributed by atoms with Gasteiger partial charge in [0, 0.05) is 25.8 Å². The first-order chi connectivity index (χ1) is 16.0. The Hall–Kier alpha value is -2.47. The quantitative estimate of drug-likeness (QED) is 0.393. The Labute approximate surface area is 209 Å². The molecule has 7 heteroatoms. The Morgan fingerprint density at radius 3 is 2.12 bits per heavy atom. The molecule has 0 aliphatic heterocycles. The fourth-order valence-electron chi connectivity index (χ4n) is 3.47. The second-order valence-corrected chi connectivity index (χ2v) is 9.37. The van der Waals surface area contributed by atoms with Crippen molar-refractivity contribution in [2.24, 2.45) is 0 Å². The minimum Gasteiger partial charge on any atom is -0.357 e. The number of likely N-dealkylation sites (N-methyl/N-ethyl adjacent to an activating group) is 1. The van der Waals surface area contributed by atoms with Crippen LogP contribution in [0.25, 0.3) is 0 Å². The lowest BCUT2D eigenvalue weighted by molar-refractivity contribution is -0.139. The first kappa shape index (κ1) is 25.2. The average Bonchev–Trinajstić information content (AvgIpc) is 2.84. The SMILES string of the molecule is CNC(=O)[C@@H](Cc1ccccc1)N(Cc1ccccc1)C(=O)CSCc1ccc(Cl)c(Cl)c1. The van der Waals surface area contributed by atoms with Crippen molar-refractivity contribution in [2.45, 2.75) is 24.8 Å². The molecule has 0 unspecified atom stereocenters. The molecule has 1 N–H and O–H groups in total. The molecule has 0 aliphatic carbocycles. The van der Waals surface area contributed by atoms with Crippen molar-refractivity contribution < 1.29 is 9.59 Å². The number of carbonyl (C=O) groups excluding carboxylic acids is 2. The van der Waals surface area contributed by atoms with Crippen molar-refractivity contribution >= 4 is 46.8 Å². The molecule has 0 bridgehead atoms. The Morgan fingerprint density at radius 1 is 0.879 bits per heavy atom. The summed E-state index contributed by atoms with van der Waals surface area (Å²) in [7, 11) is 1.60. The van der Waals surface area contributed by atoms with E-state index in [0.717, 1.165) is 16.7 Å². The summed E-state index contributed by atoms with van der Waals surface area (Å²) in [5.41, 5.74) is 2.96.